The summed E-state index contributed by atoms with van der Waals surface area (Å²) in [6.07, 6.45) is 0. The number of nitrogens with zero attached hydrogens (tertiary/aromatic N) is 3. The Bertz CT molecular complexity index is 929. The monoisotopic (exact) mass is 431 g/mol. The predicted molar refractivity (Wildman–Crippen MR) is 113 cm³/mol. The third-order valence-corrected chi connectivity index (χ3v) is 5.65. The summed E-state index contributed by atoms with van der Waals surface area (Å²) in [6.45, 7) is 1.30. The van der Waals surface area contributed by atoms with Gasteiger partial charge in [-0.1, -0.05) is 48.2 Å². The van der Waals surface area contributed by atoms with E-state index in [1.807, 2.05) is 52.4 Å². The molecule has 3 aromatic rings. The van der Waals surface area contributed by atoms with Gasteiger partial charge in [-0.25, -0.2) is 4.79 Å². The lowest BCUT2D eigenvalue weighted by Crippen LogP contribution is -2.41. The number of carbonyl (C=O) groups excluding carboxylic acids is 2. The fourth-order valence-corrected chi connectivity index (χ4v) is 3.95. The Morgan fingerprint density at radius 3 is 2.72 bits per heavy atom. The maximum absolute atomic E-state index is 12.1. The molecule has 0 saturated heterocycles. The third kappa shape index (κ3) is 6.14. The minimum Gasteiger partial charge on any atom is -0.383 e. The highest BCUT2D eigenvalue weighted by Gasteiger charge is 2.17. The Morgan fingerprint density at radius 1 is 1.17 bits per heavy atom. The fraction of sp³-hybridized carbons (Fsp3) is 0.263. The van der Waals surface area contributed by atoms with Crippen molar-refractivity contribution in [3.05, 3.63) is 53.4 Å². The van der Waals surface area contributed by atoms with E-state index in [1.165, 1.54) is 18.9 Å². The first-order valence-electron chi connectivity index (χ1n) is 8.88. The first-order chi connectivity index (χ1) is 14.2. The smallest absolute Gasteiger partial charge is 0.321 e. The van der Waals surface area contributed by atoms with E-state index in [1.54, 1.807) is 11.3 Å². The van der Waals surface area contributed by atoms with Crippen molar-refractivity contribution in [2.45, 2.75) is 11.7 Å². The topological polar surface area (TPSA) is 98.1 Å². The number of thiophene rings is 1. The van der Waals surface area contributed by atoms with Crippen LogP contribution in [-0.4, -0.2) is 52.7 Å². The maximum atomic E-state index is 12.1. The van der Waals surface area contributed by atoms with Gasteiger partial charge in [-0.2, -0.15) is 0 Å². The van der Waals surface area contributed by atoms with Crippen LogP contribution in [0.2, 0.25) is 0 Å². The summed E-state index contributed by atoms with van der Waals surface area (Å²) in [7, 11) is 1.54. The van der Waals surface area contributed by atoms with Gasteiger partial charge in [0.25, 0.3) is 0 Å². The molecular weight excluding hydrogens is 410 g/mol. The van der Waals surface area contributed by atoms with Crippen molar-refractivity contribution in [2.24, 2.45) is 0 Å². The zero-order chi connectivity index (χ0) is 20.5. The van der Waals surface area contributed by atoms with Gasteiger partial charge >= 0.3 is 6.03 Å². The molecule has 0 spiro atoms. The number of methoxy groups -OCH3 is 1. The van der Waals surface area contributed by atoms with Crippen molar-refractivity contribution in [1.82, 2.24) is 25.4 Å². The molecule has 0 aliphatic heterocycles. The van der Waals surface area contributed by atoms with Crippen LogP contribution in [-0.2, 0) is 16.1 Å². The number of carbonyl (C=O) groups is 2. The first-order valence-corrected chi connectivity index (χ1v) is 10.7. The Kier molecular flexibility index (Phi) is 7.79. The summed E-state index contributed by atoms with van der Waals surface area (Å²) in [6, 6.07) is 13.4. The average Bonchev–Trinajstić information content (AvgIpc) is 3.37. The van der Waals surface area contributed by atoms with Gasteiger partial charge in [-0.3, -0.25) is 14.7 Å². The molecule has 0 aliphatic rings. The van der Waals surface area contributed by atoms with Crippen LogP contribution in [0.5, 0.6) is 0 Å². The summed E-state index contributed by atoms with van der Waals surface area (Å²) >= 11 is 2.82. The molecule has 0 bridgehead atoms. The van der Waals surface area contributed by atoms with Crippen molar-refractivity contribution in [3.63, 3.8) is 0 Å². The van der Waals surface area contributed by atoms with Crippen LogP contribution in [0.4, 0.5) is 4.79 Å². The zero-order valence-corrected chi connectivity index (χ0v) is 17.5. The highest BCUT2D eigenvalue weighted by atomic mass is 32.2. The summed E-state index contributed by atoms with van der Waals surface area (Å²) in [5.41, 5.74) is 1.11. The molecular formula is C19H21N5O3S2. The van der Waals surface area contributed by atoms with Gasteiger partial charge in [0.15, 0.2) is 11.0 Å². The van der Waals surface area contributed by atoms with Crippen molar-refractivity contribution in [1.29, 1.82) is 0 Å². The zero-order valence-electron chi connectivity index (χ0n) is 15.8. The minimum atomic E-state index is -0.544. The van der Waals surface area contributed by atoms with Gasteiger partial charge < -0.3 is 10.1 Å². The Hall–Kier alpha value is -2.69. The number of hydrogen-bond acceptors (Lipinski definition) is 7. The van der Waals surface area contributed by atoms with E-state index in [9.17, 15) is 9.59 Å². The molecule has 152 valence electrons. The van der Waals surface area contributed by atoms with Crippen LogP contribution in [0.25, 0.3) is 10.7 Å². The van der Waals surface area contributed by atoms with Crippen molar-refractivity contribution in [3.8, 4) is 10.7 Å². The Labute approximate surface area is 176 Å². The van der Waals surface area contributed by atoms with Crippen LogP contribution in [0.15, 0.2) is 53.0 Å². The van der Waals surface area contributed by atoms with Crippen LogP contribution in [0, 0.1) is 0 Å². The molecule has 0 unspecified atom stereocenters. The van der Waals surface area contributed by atoms with E-state index in [2.05, 4.69) is 20.8 Å². The number of nitrogens with one attached hydrogen (secondary N) is 2. The van der Waals surface area contributed by atoms with E-state index in [4.69, 9.17) is 4.74 Å². The highest BCUT2D eigenvalue weighted by Crippen LogP contribution is 2.28. The van der Waals surface area contributed by atoms with Crippen LogP contribution < -0.4 is 10.6 Å². The number of aromatic nitrogens is 3. The summed E-state index contributed by atoms with van der Waals surface area (Å²) in [5, 5.41) is 16.0. The molecule has 0 atom stereocenters. The lowest BCUT2D eigenvalue weighted by atomic mass is 10.2. The van der Waals surface area contributed by atoms with Gasteiger partial charge in [-0.05, 0) is 17.0 Å². The quantitative estimate of drug-likeness (QED) is 0.399. The molecule has 3 amide bonds. The Morgan fingerprint density at radius 2 is 2.00 bits per heavy atom. The molecule has 10 heteroatoms. The molecule has 2 heterocycles. The third-order valence-electron chi connectivity index (χ3n) is 3.82. The van der Waals surface area contributed by atoms with E-state index in [0.717, 1.165) is 16.3 Å². The van der Waals surface area contributed by atoms with E-state index >= 15 is 0 Å². The van der Waals surface area contributed by atoms with Gasteiger partial charge in [0, 0.05) is 13.7 Å². The number of rotatable bonds is 9. The van der Waals surface area contributed by atoms with Crippen molar-refractivity contribution >= 4 is 35.0 Å². The van der Waals surface area contributed by atoms with Crippen molar-refractivity contribution in [2.75, 3.05) is 26.0 Å². The lowest BCUT2D eigenvalue weighted by Gasteiger charge is -2.10. The normalized spacial score (nSPS) is 10.7. The van der Waals surface area contributed by atoms with Gasteiger partial charge in [0.05, 0.1) is 23.8 Å². The number of amides is 3. The van der Waals surface area contributed by atoms with Gasteiger partial charge in [0.1, 0.15) is 0 Å². The largest absolute Gasteiger partial charge is 0.383 e. The SMILES string of the molecule is COCCNC(=O)NC(=O)CSc1nnc(-c2cccs2)n1Cc1ccccc1. The number of hydrogen-bond donors (Lipinski definition) is 2. The Balaban J connectivity index is 1.67. The molecule has 2 aromatic heterocycles. The molecule has 0 radical (unpaired) electrons. The van der Waals surface area contributed by atoms with Crippen LogP contribution >= 0.6 is 23.1 Å². The number of ether oxygens (including phenoxy) is 1. The fourth-order valence-electron chi connectivity index (χ4n) is 2.50. The van der Waals surface area contributed by atoms with Crippen LogP contribution in [0.3, 0.4) is 0 Å². The molecule has 29 heavy (non-hydrogen) atoms. The molecule has 3 rings (SSSR count). The summed E-state index contributed by atoms with van der Waals surface area (Å²) in [5.74, 6) is 0.399. The minimum absolute atomic E-state index is 0.0507. The number of imide groups is 1. The number of thioether (sulfide) groups is 1. The maximum Gasteiger partial charge on any atom is 0.321 e. The van der Waals surface area contributed by atoms with E-state index < -0.39 is 11.9 Å². The van der Waals surface area contributed by atoms with E-state index in [0.29, 0.717) is 24.9 Å². The second kappa shape index (κ2) is 10.7. The second-order valence-electron chi connectivity index (χ2n) is 5.94. The van der Waals surface area contributed by atoms with Crippen LogP contribution in [0.1, 0.15) is 5.56 Å². The average molecular weight is 432 g/mol. The summed E-state index contributed by atoms with van der Waals surface area (Å²) in [4.78, 5) is 24.8. The molecule has 0 saturated carbocycles. The number of benzene rings is 1. The van der Waals surface area contributed by atoms with E-state index in [-0.39, 0.29) is 5.75 Å². The van der Waals surface area contributed by atoms with Gasteiger partial charge in [0.2, 0.25) is 5.91 Å². The molecule has 0 fully saturated rings. The predicted octanol–water partition coefficient (Wildman–Crippen LogP) is 2.62. The molecule has 2 N–H and O–H groups in total. The molecule has 1 aromatic carbocycles. The van der Waals surface area contributed by atoms with Gasteiger partial charge in [-0.15, -0.1) is 21.5 Å². The van der Waals surface area contributed by atoms with Crippen molar-refractivity contribution < 1.29 is 14.3 Å². The second-order valence-corrected chi connectivity index (χ2v) is 7.83. The molecule has 0 aliphatic carbocycles. The molecule has 8 nitrogen and oxygen atoms in total. The first kappa shape index (κ1) is 21.0. The standard InChI is InChI=1S/C19H21N5O3S2/c1-27-10-9-20-18(26)21-16(25)13-29-19-23-22-17(15-8-5-11-28-15)24(19)12-14-6-3-2-4-7-14/h2-8,11H,9-10,12-13H2,1H3,(H2,20,21,25,26). The lowest BCUT2D eigenvalue weighted by molar-refractivity contribution is -0.117. The highest BCUT2D eigenvalue weighted by molar-refractivity contribution is 7.99. The summed E-state index contributed by atoms with van der Waals surface area (Å²) < 4.78 is 6.83. The number of urea groups is 1.